The first kappa shape index (κ1) is 24.1. The largest absolute Gasteiger partial charge is 0.512 e. The first-order valence-electron chi connectivity index (χ1n) is 12.0. The van der Waals surface area contributed by atoms with Crippen LogP contribution in [0.2, 0.25) is 0 Å². The van der Waals surface area contributed by atoms with E-state index in [0.717, 1.165) is 44.1 Å². The fourth-order valence-corrected chi connectivity index (χ4v) is 4.67. The number of hydrogen-bond acceptors (Lipinski definition) is 5. The van der Waals surface area contributed by atoms with Gasteiger partial charge in [-0.2, -0.15) is 0 Å². The second-order valence-corrected chi connectivity index (χ2v) is 8.52. The average molecular weight is 498 g/mol. The molecule has 2 N–H and O–H groups in total. The molecule has 188 valence electrons. The van der Waals surface area contributed by atoms with Gasteiger partial charge >= 0.3 is 6.16 Å². The maximum Gasteiger partial charge on any atom is 0.512 e. The van der Waals surface area contributed by atoms with Gasteiger partial charge in [-0.05, 0) is 36.4 Å². The minimum Gasteiger partial charge on any atom is -0.497 e. The van der Waals surface area contributed by atoms with Crippen LogP contribution in [0.25, 0.3) is 32.8 Å². The molecule has 37 heavy (non-hydrogen) atoms. The standard InChI is InChI=1S/C30H27NO6/c1-34-20-15-16-22(27(18-20)35-2)23-11-6-12-24-25(29(31-28(23)24)37-30(32)33)13-7-17-36-26-14-5-9-19-8-3-4-10-21(19)26/h3-6,8-12,14-16,18,31H,7,13,17H2,1-2H3,(H,32,33). The van der Waals surface area contributed by atoms with Crippen LogP contribution in [0.15, 0.2) is 78.9 Å². The van der Waals surface area contributed by atoms with Gasteiger partial charge in [-0.25, -0.2) is 4.79 Å². The summed E-state index contributed by atoms with van der Waals surface area (Å²) in [6, 6.07) is 25.5. The number of hydrogen-bond donors (Lipinski definition) is 2. The van der Waals surface area contributed by atoms with Gasteiger partial charge in [0.2, 0.25) is 5.88 Å². The number of carboxylic acid groups (broad SMARTS) is 1. The van der Waals surface area contributed by atoms with Gasteiger partial charge in [0.05, 0.1) is 26.3 Å². The zero-order valence-corrected chi connectivity index (χ0v) is 20.6. The van der Waals surface area contributed by atoms with Gasteiger partial charge in [0.15, 0.2) is 0 Å². The van der Waals surface area contributed by atoms with Crippen molar-refractivity contribution in [3.63, 3.8) is 0 Å². The van der Waals surface area contributed by atoms with Crippen molar-refractivity contribution in [2.45, 2.75) is 12.8 Å². The summed E-state index contributed by atoms with van der Waals surface area (Å²) >= 11 is 0. The molecule has 0 aliphatic rings. The Morgan fingerprint density at radius 1 is 0.838 bits per heavy atom. The monoisotopic (exact) mass is 497 g/mol. The third-order valence-corrected chi connectivity index (χ3v) is 6.37. The van der Waals surface area contributed by atoms with E-state index in [1.807, 2.05) is 66.7 Å². The Hall–Kier alpha value is -4.65. The topological polar surface area (TPSA) is 90.0 Å². The van der Waals surface area contributed by atoms with Crippen LogP contribution in [-0.2, 0) is 6.42 Å². The number of benzene rings is 4. The number of fused-ring (bicyclic) bond motifs is 2. The van der Waals surface area contributed by atoms with Crippen molar-refractivity contribution in [1.29, 1.82) is 0 Å². The van der Waals surface area contributed by atoms with Crippen molar-refractivity contribution in [1.82, 2.24) is 4.98 Å². The summed E-state index contributed by atoms with van der Waals surface area (Å²) in [6.45, 7) is 0.471. The molecule has 0 aliphatic heterocycles. The van der Waals surface area contributed by atoms with Gasteiger partial charge in [-0.3, -0.25) is 0 Å². The molecule has 0 aliphatic carbocycles. The van der Waals surface area contributed by atoms with Crippen molar-refractivity contribution in [2.24, 2.45) is 0 Å². The van der Waals surface area contributed by atoms with Crippen LogP contribution >= 0.6 is 0 Å². The van der Waals surface area contributed by atoms with Crippen molar-refractivity contribution in [3.05, 3.63) is 84.4 Å². The molecular formula is C30H27NO6. The molecule has 0 unspecified atom stereocenters. The molecule has 1 aromatic heterocycles. The first-order chi connectivity index (χ1) is 18.1. The first-order valence-corrected chi connectivity index (χ1v) is 12.0. The van der Waals surface area contributed by atoms with E-state index in [0.29, 0.717) is 30.9 Å². The van der Waals surface area contributed by atoms with E-state index >= 15 is 0 Å². The summed E-state index contributed by atoms with van der Waals surface area (Å²) in [4.78, 5) is 14.7. The van der Waals surface area contributed by atoms with Gasteiger partial charge in [0.25, 0.3) is 0 Å². The number of aryl methyl sites for hydroxylation is 1. The van der Waals surface area contributed by atoms with Gasteiger partial charge in [0, 0.05) is 33.5 Å². The lowest BCUT2D eigenvalue weighted by atomic mass is 9.99. The number of aromatic nitrogens is 1. The number of aromatic amines is 1. The van der Waals surface area contributed by atoms with E-state index in [1.54, 1.807) is 14.2 Å². The van der Waals surface area contributed by atoms with Crippen molar-refractivity contribution >= 4 is 27.8 Å². The van der Waals surface area contributed by atoms with Crippen LogP contribution in [0.1, 0.15) is 12.0 Å². The molecule has 0 bridgehead atoms. The van der Waals surface area contributed by atoms with Crippen LogP contribution in [0.3, 0.4) is 0 Å². The molecule has 5 aromatic rings. The molecule has 0 amide bonds. The fraction of sp³-hybridized carbons (Fsp3) is 0.167. The normalized spacial score (nSPS) is 11.0. The molecule has 4 aromatic carbocycles. The predicted octanol–water partition coefficient (Wildman–Crippen LogP) is 7.07. The minimum absolute atomic E-state index is 0.215. The summed E-state index contributed by atoms with van der Waals surface area (Å²) in [5, 5.41) is 12.4. The molecule has 5 rings (SSSR count). The van der Waals surface area contributed by atoms with Gasteiger partial charge < -0.3 is 29.0 Å². The Labute approximate surface area is 214 Å². The second kappa shape index (κ2) is 10.5. The van der Waals surface area contributed by atoms with Crippen LogP contribution in [0, 0.1) is 0 Å². The number of methoxy groups -OCH3 is 2. The lowest BCUT2D eigenvalue weighted by molar-refractivity contribution is 0.142. The minimum atomic E-state index is -1.37. The highest BCUT2D eigenvalue weighted by Crippen LogP contribution is 2.40. The number of para-hydroxylation sites is 1. The Bertz CT molecular complexity index is 1570. The number of rotatable bonds is 9. The lowest BCUT2D eigenvalue weighted by Crippen LogP contribution is -2.06. The smallest absolute Gasteiger partial charge is 0.497 e. The molecule has 0 radical (unpaired) electrons. The van der Waals surface area contributed by atoms with Crippen LogP contribution in [-0.4, -0.2) is 37.1 Å². The van der Waals surface area contributed by atoms with E-state index in [2.05, 4.69) is 17.1 Å². The summed E-state index contributed by atoms with van der Waals surface area (Å²) < 4.78 is 22.2. The third-order valence-electron chi connectivity index (χ3n) is 6.37. The highest BCUT2D eigenvalue weighted by molar-refractivity contribution is 5.99. The maximum atomic E-state index is 11.5. The molecule has 0 atom stereocenters. The summed E-state index contributed by atoms with van der Waals surface area (Å²) in [7, 11) is 3.21. The molecule has 7 nitrogen and oxygen atoms in total. The summed E-state index contributed by atoms with van der Waals surface area (Å²) in [5.41, 5.74) is 3.27. The van der Waals surface area contributed by atoms with Crippen molar-refractivity contribution < 1.29 is 28.8 Å². The second-order valence-electron chi connectivity index (χ2n) is 8.52. The van der Waals surface area contributed by atoms with Crippen LogP contribution < -0.4 is 18.9 Å². The Balaban J connectivity index is 1.44. The molecular weight excluding hydrogens is 470 g/mol. The highest BCUT2D eigenvalue weighted by atomic mass is 16.7. The molecule has 0 saturated heterocycles. The highest BCUT2D eigenvalue weighted by Gasteiger charge is 2.19. The SMILES string of the molecule is COc1ccc(-c2cccc3c(CCCOc4cccc5ccccc45)c(OC(=O)O)[nH]c23)c(OC)c1. The third kappa shape index (κ3) is 4.89. The predicted molar refractivity (Wildman–Crippen MR) is 143 cm³/mol. The number of carbonyl (C=O) groups is 1. The van der Waals surface area contributed by atoms with Crippen molar-refractivity contribution in [2.75, 3.05) is 20.8 Å². The lowest BCUT2D eigenvalue weighted by Gasteiger charge is -2.11. The quantitative estimate of drug-likeness (QED) is 0.167. The Morgan fingerprint density at radius 3 is 2.43 bits per heavy atom. The van der Waals surface area contributed by atoms with Gasteiger partial charge in [0.1, 0.15) is 17.2 Å². The van der Waals surface area contributed by atoms with Crippen LogP contribution in [0.4, 0.5) is 4.79 Å². The van der Waals surface area contributed by atoms with Gasteiger partial charge in [-0.15, -0.1) is 0 Å². The number of ether oxygens (including phenoxy) is 4. The van der Waals surface area contributed by atoms with E-state index in [9.17, 15) is 9.90 Å². The maximum absolute atomic E-state index is 11.5. The number of nitrogens with one attached hydrogen (secondary N) is 1. The zero-order chi connectivity index (χ0) is 25.8. The molecule has 1 heterocycles. The van der Waals surface area contributed by atoms with Gasteiger partial charge in [-0.1, -0.05) is 54.6 Å². The van der Waals surface area contributed by atoms with E-state index in [4.69, 9.17) is 18.9 Å². The number of H-pyrrole nitrogens is 1. The Morgan fingerprint density at radius 2 is 1.62 bits per heavy atom. The van der Waals surface area contributed by atoms with E-state index < -0.39 is 6.16 Å². The van der Waals surface area contributed by atoms with Crippen LogP contribution in [0.5, 0.6) is 23.1 Å². The molecule has 0 saturated carbocycles. The fourth-order valence-electron chi connectivity index (χ4n) is 4.67. The Kier molecular flexibility index (Phi) is 6.85. The average Bonchev–Trinajstić information content (AvgIpc) is 3.27. The molecule has 0 spiro atoms. The van der Waals surface area contributed by atoms with E-state index in [1.165, 1.54) is 0 Å². The zero-order valence-electron chi connectivity index (χ0n) is 20.6. The molecule has 7 heteroatoms. The van der Waals surface area contributed by atoms with Crippen molar-refractivity contribution in [3.8, 4) is 34.3 Å². The molecule has 0 fully saturated rings. The van der Waals surface area contributed by atoms with E-state index in [-0.39, 0.29) is 5.88 Å². The summed E-state index contributed by atoms with van der Waals surface area (Å²) in [5.74, 6) is 2.37. The summed E-state index contributed by atoms with van der Waals surface area (Å²) in [6.07, 6.45) is -0.137.